The first-order valence-corrected chi connectivity index (χ1v) is 10.1. The first-order valence-electron chi connectivity index (χ1n) is 7.56. The van der Waals surface area contributed by atoms with Crippen LogP contribution in [0.15, 0.2) is 12.1 Å². The average Bonchev–Trinajstić information content (AvgIpc) is 2.89. The van der Waals surface area contributed by atoms with Crippen LogP contribution in [0, 0.1) is 0 Å². The van der Waals surface area contributed by atoms with Gasteiger partial charge in [-0.1, -0.05) is 23.2 Å². The molecular formula is C15H18Cl2N2O5S. The van der Waals surface area contributed by atoms with E-state index in [9.17, 15) is 18.0 Å². The summed E-state index contributed by atoms with van der Waals surface area (Å²) < 4.78 is 28.1. The third-order valence-corrected chi connectivity index (χ3v) is 6.23. The SMILES string of the molecule is CCN(C(=O)COC(=O)c1cc(Cl)cc(Cl)c1N)[C@@H]1CCS(=O)(=O)C1. The lowest BCUT2D eigenvalue weighted by Crippen LogP contribution is -2.43. The molecule has 0 saturated carbocycles. The van der Waals surface area contributed by atoms with Gasteiger partial charge in [0.1, 0.15) is 0 Å². The molecular weight excluding hydrogens is 391 g/mol. The molecule has 0 aliphatic carbocycles. The molecule has 0 spiro atoms. The number of carbonyl (C=O) groups is 2. The van der Waals surface area contributed by atoms with Crippen LogP contribution >= 0.6 is 23.2 Å². The number of sulfone groups is 1. The second-order valence-electron chi connectivity index (χ2n) is 5.66. The maximum atomic E-state index is 12.3. The topological polar surface area (TPSA) is 107 Å². The Hall–Kier alpha value is -1.51. The van der Waals surface area contributed by atoms with Gasteiger partial charge in [0.25, 0.3) is 5.91 Å². The number of esters is 1. The molecule has 25 heavy (non-hydrogen) atoms. The summed E-state index contributed by atoms with van der Waals surface area (Å²) in [5.74, 6) is -1.31. The first kappa shape index (κ1) is 19.8. The Bertz CT molecular complexity index is 797. The number of halogens is 2. The number of nitrogens with zero attached hydrogens (tertiary/aromatic N) is 1. The Kier molecular flexibility index (Phi) is 6.18. The van der Waals surface area contributed by atoms with Crippen LogP contribution in [-0.2, 0) is 19.4 Å². The van der Waals surface area contributed by atoms with Crippen molar-refractivity contribution in [2.24, 2.45) is 0 Å². The van der Waals surface area contributed by atoms with E-state index in [1.807, 2.05) is 0 Å². The summed E-state index contributed by atoms with van der Waals surface area (Å²) >= 11 is 11.7. The van der Waals surface area contributed by atoms with Crippen molar-refractivity contribution in [1.29, 1.82) is 0 Å². The van der Waals surface area contributed by atoms with Crippen molar-refractivity contribution in [3.05, 3.63) is 27.7 Å². The van der Waals surface area contributed by atoms with Gasteiger partial charge < -0.3 is 15.4 Å². The Balaban J connectivity index is 2.02. The highest BCUT2D eigenvalue weighted by Gasteiger charge is 2.34. The molecule has 0 radical (unpaired) electrons. The van der Waals surface area contributed by atoms with Crippen LogP contribution in [0.1, 0.15) is 23.7 Å². The summed E-state index contributed by atoms with van der Waals surface area (Å²) in [6.45, 7) is 1.54. The average molecular weight is 409 g/mol. The smallest absolute Gasteiger partial charge is 0.340 e. The lowest BCUT2D eigenvalue weighted by atomic mass is 10.2. The lowest BCUT2D eigenvalue weighted by Gasteiger charge is -2.26. The molecule has 10 heteroatoms. The van der Waals surface area contributed by atoms with Crippen molar-refractivity contribution >= 4 is 50.6 Å². The number of carbonyl (C=O) groups excluding carboxylic acids is 2. The molecule has 1 aromatic carbocycles. The van der Waals surface area contributed by atoms with Crippen molar-refractivity contribution < 1.29 is 22.7 Å². The fourth-order valence-corrected chi connectivity index (χ4v) is 4.93. The van der Waals surface area contributed by atoms with Crippen LogP contribution in [0.4, 0.5) is 5.69 Å². The monoisotopic (exact) mass is 408 g/mol. The molecule has 1 aromatic rings. The minimum Gasteiger partial charge on any atom is -0.452 e. The number of likely N-dealkylation sites (N-methyl/N-ethyl adjacent to an activating group) is 1. The van der Waals surface area contributed by atoms with Gasteiger partial charge in [-0.25, -0.2) is 13.2 Å². The molecule has 1 aliphatic rings. The van der Waals surface area contributed by atoms with Crippen LogP contribution in [-0.4, -0.2) is 55.9 Å². The quantitative estimate of drug-likeness (QED) is 0.587. The van der Waals surface area contributed by atoms with Gasteiger partial charge in [-0.05, 0) is 25.5 Å². The number of nitrogen functional groups attached to an aromatic ring is 1. The highest BCUT2D eigenvalue weighted by Crippen LogP contribution is 2.28. The number of hydrogen-bond donors (Lipinski definition) is 1. The number of ether oxygens (including phenoxy) is 1. The summed E-state index contributed by atoms with van der Waals surface area (Å²) in [5, 5.41) is 0.320. The Morgan fingerprint density at radius 3 is 2.60 bits per heavy atom. The molecule has 138 valence electrons. The van der Waals surface area contributed by atoms with Crippen molar-refractivity contribution in [2.45, 2.75) is 19.4 Å². The van der Waals surface area contributed by atoms with E-state index >= 15 is 0 Å². The number of rotatable bonds is 5. The fourth-order valence-electron chi connectivity index (χ4n) is 2.70. The summed E-state index contributed by atoms with van der Waals surface area (Å²) in [7, 11) is -3.12. The Labute approximate surface area is 155 Å². The molecule has 0 bridgehead atoms. The van der Waals surface area contributed by atoms with Gasteiger partial charge >= 0.3 is 5.97 Å². The zero-order valence-corrected chi connectivity index (χ0v) is 15.8. The van der Waals surface area contributed by atoms with Crippen LogP contribution in [0.25, 0.3) is 0 Å². The van der Waals surface area contributed by atoms with E-state index in [-0.39, 0.29) is 32.8 Å². The molecule has 0 aromatic heterocycles. The molecule has 1 aliphatic heterocycles. The number of benzene rings is 1. The van der Waals surface area contributed by atoms with Gasteiger partial charge in [-0.3, -0.25) is 4.79 Å². The Morgan fingerprint density at radius 2 is 2.04 bits per heavy atom. The normalized spacial score (nSPS) is 18.8. The maximum absolute atomic E-state index is 12.3. The molecule has 1 atom stereocenters. The molecule has 7 nitrogen and oxygen atoms in total. The zero-order chi connectivity index (χ0) is 18.8. The van der Waals surface area contributed by atoms with Gasteiger partial charge in [0.2, 0.25) is 0 Å². The molecule has 2 N–H and O–H groups in total. The van der Waals surface area contributed by atoms with Crippen molar-refractivity contribution in [3.63, 3.8) is 0 Å². The van der Waals surface area contributed by atoms with E-state index in [4.69, 9.17) is 33.7 Å². The highest BCUT2D eigenvalue weighted by atomic mass is 35.5. The summed E-state index contributed by atoms with van der Waals surface area (Å²) in [4.78, 5) is 25.8. The van der Waals surface area contributed by atoms with Gasteiger partial charge in [-0.2, -0.15) is 0 Å². The third kappa shape index (κ3) is 4.77. The minimum absolute atomic E-state index is 0.0118. The van der Waals surface area contributed by atoms with Crippen LogP contribution in [0.5, 0.6) is 0 Å². The van der Waals surface area contributed by atoms with E-state index in [1.54, 1.807) is 6.92 Å². The fraction of sp³-hybridized carbons (Fsp3) is 0.467. The molecule has 1 fully saturated rings. The first-order chi connectivity index (χ1) is 11.6. The molecule has 2 rings (SSSR count). The number of nitrogens with two attached hydrogens (primary N) is 1. The van der Waals surface area contributed by atoms with Crippen LogP contribution in [0.3, 0.4) is 0 Å². The third-order valence-electron chi connectivity index (χ3n) is 3.95. The second-order valence-corrected chi connectivity index (χ2v) is 8.73. The van der Waals surface area contributed by atoms with E-state index in [2.05, 4.69) is 0 Å². The summed E-state index contributed by atoms with van der Waals surface area (Å²) in [5.41, 5.74) is 5.70. The van der Waals surface area contributed by atoms with Gasteiger partial charge in [0, 0.05) is 17.6 Å². The molecule has 1 amide bonds. The minimum atomic E-state index is -3.12. The standard InChI is InChI=1S/C15H18Cl2N2O5S/c1-2-19(10-3-4-25(22,23)8-10)13(20)7-24-15(21)11-5-9(16)6-12(17)14(11)18/h5-6,10H,2-4,7-8,18H2,1H3/t10-/m1/s1. The largest absolute Gasteiger partial charge is 0.452 e. The molecule has 1 heterocycles. The molecule has 1 saturated heterocycles. The van der Waals surface area contributed by atoms with E-state index < -0.39 is 34.4 Å². The molecule has 0 unspecified atom stereocenters. The van der Waals surface area contributed by atoms with Gasteiger partial charge in [-0.15, -0.1) is 0 Å². The van der Waals surface area contributed by atoms with Crippen molar-refractivity contribution in [3.8, 4) is 0 Å². The van der Waals surface area contributed by atoms with E-state index in [0.29, 0.717) is 13.0 Å². The van der Waals surface area contributed by atoms with Crippen molar-refractivity contribution in [2.75, 3.05) is 30.4 Å². The summed E-state index contributed by atoms with van der Waals surface area (Å²) in [6.07, 6.45) is 0.382. The second kappa shape index (κ2) is 7.80. The number of amides is 1. The highest BCUT2D eigenvalue weighted by molar-refractivity contribution is 7.91. The Morgan fingerprint density at radius 1 is 1.36 bits per heavy atom. The predicted molar refractivity (Wildman–Crippen MR) is 95.6 cm³/mol. The predicted octanol–water partition coefficient (Wildman–Crippen LogP) is 1.77. The number of anilines is 1. The van der Waals surface area contributed by atoms with Gasteiger partial charge in [0.15, 0.2) is 16.4 Å². The van der Waals surface area contributed by atoms with Crippen LogP contribution in [0.2, 0.25) is 10.0 Å². The van der Waals surface area contributed by atoms with E-state index in [1.165, 1.54) is 17.0 Å². The maximum Gasteiger partial charge on any atom is 0.340 e. The number of hydrogen-bond acceptors (Lipinski definition) is 6. The zero-order valence-electron chi connectivity index (χ0n) is 13.5. The lowest BCUT2D eigenvalue weighted by molar-refractivity contribution is -0.136. The summed E-state index contributed by atoms with van der Waals surface area (Å²) in [6, 6.07) is 2.29. The van der Waals surface area contributed by atoms with Crippen LogP contribution < -0.4 is 5.73 Å². The van der Waals surface area contributed by atoms with Gasteiger partial charge in [0.05, 0.1) is 27.8 Å². The van der Waals surface area contributed by atoms with Crippen molar-refractivity contribution in [1.82, 2.24) is 4.90 Å². The van der Waals surface area contributed by atoms with E-state index in [0.717, 1.165) is 0 Å².